The summed E-state index contributed by atoms with van der Waals surface area (Å²) >= 11 is 0. The molecular formula is C26H29N4NaO9. The maximum atomic E-state index is 11.6. The molecular weight excluding hydrogens is 535 g/mol. The minimum absolute atomic E-state index is 0. The smallest absolute Gasteiger partial charge is 0.635 e. The van der Waals surface area contributed by atoms with Gasteiger partial charge in [0.15, 0.2) is 0 Å². The fourth-order valence-corrected chi connectivity index (χ4v) is 3.61. The second-order valence-electron chi connectivity index (χ2n) is 8.16. The third-order valence-electron chi connectivity index (χ3n) is 5.63. The van der Waals surface area contributed by atoms with E-state index in [9.17, 15) is 19.7 Å². The molecule has 13 nitrogen and oxygen atoms in total. The van der Waals surface area contributed by atoms with Crippen LogP contribution in [0.5, 0.6) is 0 Å². The van der Waals surface area contributed by atoms with E-state index in [2.05, 4.69) is 15.0 Å². The van der Waals surface area contributed by atoms with E-state index in [1.165, 1.54) is 17.5 Å². The molecule has 4 rings (SSSR count). The molecule has 0 saturated carbocycles. The van der Waals surface area contributed by atoms with Gasteiger partial charge in [0.25, 0.3) is 5.69 Å². The van der Waals surface area contributed by atoms with E-state index in [0.29, 0.717) is 24.3 Å². The minimum Gasteiger partial charge on any atom is -0.635 e. The predicted molar refractivity (Wildman–Crippen MR) is 140 cm³/mol. The number of fused-ring (bicyclic) bond motifs is 2. The van der Waals surface area contributed by atoms with Gasteiger partial charge in [-0.05, 0) is 57.3 Å². The number of non-ortho nitro benzene ring substituents is 1. The summed E-state index contributed by atoms with van der Waals surface area (Å²) in [4.78, 5) is 50.5. The number of nitro benzene ring substituents is 1. The van der Waals surface area contributed by atoms with Crippen LogP contribution in [0.25, 0.3) is 21.8 Å². The van der Waals surface area contributed by atoms with Crippen molar-refractivity contribution in [2.75, 3.05) is 13.2 Å². The number of carbonyl (C=O) groups is 2. The maximum absolute atomic E-state index is 11.6. The molecule has 40 heavy (non-hydrogen) atoms. The monoisotopic (exact) mass is 564 g/mol. The number of esters is 2. The summed E-state index contributed by atoms with van der Waals surface area (Å²) < 4.78 is 9.94. The number of hydrogen-bond donors (Lipinski definition) is 2. The fraction of sp³-hybridized carbons (Fsp3) is 0.308. The standard InChI is InChI=1S/C13H14N2O4.C13H15NO2.HNO3.Na/c1-3-19-13(16)8(2)12-7-9-6-10(15(17)18)4-5-11(9)14-12;1-3-16-13(15)9(2)12-8-10-6-4-5-7-11(10)14-12;2-1-4-3;/h4-8,14H,3H2,1-2H3;4-9,14H,3H2,1-2H3;3H;/q;;;+1/p-1. The van der Waals surface area contributed by atoms with E-state index in [4.69, 9.17) is 19.6 Å². The summed E-state index contributed by atoms with van der Waals surface area (Å²) in [5.74, 6) is -1.17. The molecule has 208 valence electrons. The van der Waals surface area contributed by atoms with Crippen LogP contribution < -0.4 is 34.8 Å². The van der Waals surface area contributed by atoms with Gasteiger partial charge in [0.05, 0.1) is 30.0 Å². The van der Waals surface area contributed by atoms with Crippen LogP contribution in [0.4, 0.5) is 5.69 Å². The molecule has 0 amide bonds. The van der Waals surface area contributed by atoms with E-state index >= 15 is 0 Å². The van der Waals surface area contributed by atoms with E-state index in [0.717, 1.165) is 22.1 Å². The van der Waals surface area contributed by atoms with Gasteiger partial charge in [-0.3, -0.25) is 19.7 Å². The Morgan fingerprint density at radius 2 is 1.35 bits per heavy atom. The SMILES string of the molecule is CCOC(=O)C(C)c1cc2cc([N+](=O)[O-])ccc2[nH]1.CCOC(=O)C(C)c1cc2ccccc2[nH]1.O=NO[O-].[Na+]. The number of H-pyrrole nitrogens is 2. The molecule has 2 aromatic carbocycles. The molecule has 2 aromatic heterocycles. The molecule has 0 saturated heterocycles. The first-order valence-electron chi connectivity index (χ1n) is 12.0. The Morgan fingerprint density at radius 1 is 0.875 bits per heavy atom. The first-order chi connectivity index (χ1) is 18.7. The number of benzene rings is 2. The molecule has 4 aromatic rings. The van der Waals surface area contributed by atoms with Crippen molar-refractivity contribution in [3.05, 3.63) is 81.0 Å². The van der Waals surface area contributed by atoms with Crippen LogP contribution in [0.15, 0.2) is 59.9 Å². The second kappa shape index (κ2) is 17.0. The van der Waals surface area contributed by atoms with Crippen molar-refractivity contribution in [1.29, 1.82) is 0 Å². The minimum atomic E-state index is -0.444. The van der Waals surface area contributed by atoms with Crippen molar-refractivity contribution in [2.24, 2.45) is 5.34 Å². The number of nitro groups is 1. The zero-order valence-electron chi connectivity index (χ0n) is 22.8. The second-order valence-corrected chi connectivity index (χ2v) is 8.16. The molecule has 2 atom stereocenters. The van der Waals surface area contributed by atoms with E-state index in [1.54, 1.807) is 26.0 Å². The molecule has 0 bridgehead atoms. The number of aromatic amines is 2. The van der Waals surface area contributed by atoms with Gasteiger partial charge in [0.1, 0.15) is 5.34 Å². The quantitative estimate of drug-likeness (QED) is 0.0798. The van der Waals surface area contributed by atoms with Crippen molar-refractivity contribution in [2.45, 2.75) is 39.5 Å². The molecule has 0 radical (unpaired) electrons. The Kier molecular flexibility index (Phi) is 14.6. The number of rotatable bonds is 8. The number of nitrogens with one attached hydrogen (secondary N) is 2. The van der Waals surface area contributed by atoms with Gasteiger partial charge in [-0.15, -0.1) is 4.91 Å². The van der Waals surface area contributed by atoms with Crippen LogP contribution in [0.3, 0.4) is 0 Å². The van der Waals surface area contributed by atoms with E-state index in [-0.39, 0.29) is 53.1 Å². The van der Waals surface area contributed by atoms with Crippen molar-refractivity contribution in [3.8, 4) is 0 Å². The summed E-state index contributed by atoms with van der Waals surface area (Å²) in [5, 5.41) is 22.3. The molecule has 2 unspecified atom stereocenters. The summed E-state index contributed by atoms with van der Waals surface area (Å²) in [7, 11) is 0. The number of ether oxygens (including phenoxy) is 2. The van der Waals surface area contributed by atoms with Crippen LogP contribution in [0.1, 0.15) is 50.9 Å². The van der Waals surface area contributed by atoms with E-state index < -0.39 is 10.8 Å². The van der Waals surface area contributed by atoms with Gasteiger partial charge in [0, 0.05) is 39.9 Å². The van der Waals surface area contributed by atoms with Crippen molar-refractivity contribution in [3.63, 3.8) is 0 Å². The Balaban J connectivity index is 0.000000349. The molecule has 0 aliphatic heterocycles. The van der Waals surface area contributed by atoms with Crippen molar-refractivity contribution in [1.82, 2.24) is 9.97 Å². The molecule has 2 heterocycles. The van der Waals surface area contributed by atoms with Crippen molar-refractivity contribution >= 4 is 39.4 Å². The first kappa shape index (κ1) is 34.2. The molecule has 0 aliphatic carbocycles. The largest absolute Gasteiger partial charge is 1.00 e. The third kappa shape index (κ3) is 9.45. The van der Waals surface area contributed by atoms with E-state index in [1.807, 2.05) is 44.2 Å². The van der Waals surface area contributed by atoms with Crippen LogP contribution >= 0.6 is 0 Å². The van der Waals surface area contributed by atoms with Crippen LogP contribution in [0.2, 0.25) is 0 Å². The summed E-state index contributed by atoms with van der Waals surface area (Å²) in [6.45, 7) is 7.90. The number of hydrogen-bond acceptors (Lipinski definition) is 10. The number of aromatic nitrogens is 2. The normalized spacial score (nSPS) is 11.4. The Morgan fingerprint density at radius 3 is 1.80 bits per heavy atom. The van der Waals surface area contributed by atoms with Gasteiger partial charge >= 0.3 is 41.5 Å². The fourth-order valence-electron chi connectivity index (χ4n) is 3.61. The summed E-state index contributed by atoms with van der Waals surface area (Å²) in [6.07, 6.45) is 0. The third-order valence-corrected chi connectivity index (χ3v) is 5.63. The van der Waals surface area contributed by atoms with Gasteiger partial charge in [-0.1, -0.05) is 18.2 Å². The Bertz CT molecular complexity index is 1390. The Hall–Kier alpha value is -3.78. The average Bonchev–Trinajstić information content (AvgIpc) is 3.57. The van der Waals surface area contributed by atoms with Gasteiger partial charge in [-0.2, -0.15) is 0 Å². The first-order valence-corrected chi connectivity index (χ1v) is 12.0. The van der Waals surface area contributed by atoms with Crippen LogP contribution in [0, 0.1) is 15.0 Å². The number of para-hydroxylation sites is 1. The zero-order chi connectivity index (χ0) is 28.9. The summed E-state index contributed by atoms with van der Waals surface area (Å²) in [6, 6.07) is 16.2. The number of nitrogens with zero attached hydrogens (tertiary/aromatic N) is 2. The van der Waals surface area contributed by atoms with Gasteiger partial charge in [-0.25, -0.2) is 0 Å². The summed E-state index contributed by atoms with van der Waals surface area (Å²) in [5.41, 5.74) is 3.43. The molecule has 0 spiro atoms. The predicted octanol–water partition coefficient (Wildman–Crippen LogP) is 1.54. The van der Waals surface area contributed by atoms with Gasteiger partial charge in [0.2, 0.25) is 0 Å². The van der Waals surface area contributed by atoms with Crippen LogP contribution in [-0.2, 0) is 24.1 Å². The molecule has 2 N–H and O–H groups in total. The number of carbonyl (C=O) groups excluding carboxylic acids is 2. The van der Waals surface area contributed by atoms with Crippen molar-refractivity contribution < 1.29 is 63.8 Å². The average molecular weight is 565 g/mol. The zero-order valence-corrected chi connectivity index (χ0v) is 24.8. The Labute approximate surface area is 251 Å². The molecule has 14 heteroatoms. The van der Waals surface area contributed by atoms with Gasteiger partial charge < -0.3 is 29.7 Å². The maximum Gasteiger partial charge on any atom is 1.00 e. The topological polar surface area (TPSA) is 189 Å². The molecule has 0 fully saturated rings. The van der Waals surface area contributed by atoms with Crippen LogP contribution in [-0.4, -0.2) is 40.0 Å². The molecule has 0 aliphatic rings.